The predicted molar refractivity (Wildman–Crippen MR) is 185 cm³/mol. The number of aliphatic hydroxyl groups is 1. The van der Waals surface area contributed by atoms with Crippen LogP contribution in [0.4, 0.5) is 0 Å². The van der Waals surface area contributed by atoms with E-state index >= 15 is 0 Å². The molecule has 0 aromatic carbocycles. The lowest BCUT2D eigenvalue weighted by Crippen LogP contribution is -2.50. The number of hydrogen-bond acceptors (Lipinski definition) is 3. The van der Waals surface area contributed by atoms with E-state index in [1.807, 2.05) is 7.05 Å². The number of nitrogens with zero attached hydrogens (tertiary/aromatic N) is 1. The summed E-state index contributed by atoms with van der Waals surface area (Å²) < 4.78 is 0.550. The summed E-state index contributed by atoms with van der Waals surface area (Å²) in [7, 11) is 2.05. The van der Waals surface area contributed by atoms with Gasteiger partial charge in [-0.25, -0.2) is 0 Å². The van der Waals surface area contributed by atoms with Crippen LogP contribution in [0.3, 0.4) is 0 Å². The average molecular weight is 611 g/mol. The van der Waals surface area contributed by atoms with Crippen molar-refractivity contribution in [3.63, 3.8) is 0 Å². The standard InChI is InChI=1S/C37H75N3O3/c1-4-6-8-10-12-14-16-18-20-22-24-26-30-38-36(42)28-32-40(3,34-35-41)33-29-37(43)39-31-27-25-23-21-19-17-15-13-11-9-7-5-2/h41H,4-35H2,1-3H3,(H-,38,39,42,43)/p+1. The maximum atomic E-state index is 12.4. The number of rotatable bonds is 34. The number of aliphatic hydroxyl groups excluding tert-OH is 1. The van der Waals surface area contributed by atoms with Crippen LogP contribution < -0.4 is 10.6 Å². The first-order valence-electron chi connectivity index (χ1n) is 18.9. The van der Waals surface area contributed by atoms with Crippen molar-refractivity contribution in [2.24, 2.45) is 0 Å². The van der Waals surface area contributed by atoms with Gasteiger partial charge < -0.3 is 20.2 Å². The van der Waals surface area contributed by atoms with Gasteiger partial charge in [0.25, 0.3) is 0 Å². The number of carbonyl (C=O) groups is 2. The molecule has 0 atom stereocenters. The summed E-state index contributed by atoms with van der Waals surface area (Å²) in [6.07, 6.45) is 32.5. The van der Waals surface area contributed by atoms with Gasteiger partial charge in [-0.15, -0.1) is 0 Å². The second-order valence-corrected chi connectivity index (χ2v) is 13.5. The Morgan fingerprint density at radius 2 is 0.744 bits per heavy atom. The summed E-state index contributed by atoms with van der Waals surface area (Å²) >= 11 is 0. The zero-order valence-corrected chi connectivity index (χ0v) is 29.3. The van der Waals surface area contributed by atoms with Gasteiger partial charge in [0, 0.05) is 13.1 Å². The SMILES string of the molecule is CCCCCCCCCCCCCCNC(=O)CC[N+](C)(CCO)CCC(=O)NCCCCCCCCCCCCCC. The first-order valence-corrected chi connectivity index (χ1v) is 18.9. The largest absolute Gasteiger partial charge is 0.391 e. The van der Waals surface area contributed by atoms with Gasteiger partial charge >= 0.3 is 0 Å². The highest BCUT2D eigenvalue weighted by Gasteiger charge is 2.23. The smallest absolute Gasteiger partial charge is 0.225 e. The van der Waals surface area contributed by atoms with Crippen LogP contribution in [0.5, 0.6) is 0 Å². The molecule has 43 heavy (non-hydrogen) atoms. The van der Waals surface area contributed by atoms with E-state index in [1.165, 1.54) is 141 Å². The molecule has 0 aliphatic rings. The van der Waals surface area contributed by atoms with E-state index in [0.717, 1.165) is 25.9 Å². The third-order valence-electron chi connectivity index (χ3n) is 9.10. The number of amides is 2. The second kappa shape index (κ2) is 32.3. The highest BCUT2D eigenvalue weighted by molar-refractivity contribution is 5.76. The molecular weight excluding hydrogens is 534 g/mol. The van der Waals surface area contributed by atoms with Gasteiger partial charge in [-0.2, -0.15) is 0 Å². The Morgan fingerprint density at radius 3 is 1.02 bits per heavy atom. The minimum absolute atomic E-state index is 0.0669. The highest BCUT2D eigenvalue weighted by atomic mass is 16.3. The minimum atomic E-state index is 0.0669. The summed E-state index contributed by atoms with van der Waals surface area (Å²) in [6, 6.07) is 0. The number of hydrogen-bond donors (Lipinski definition) is 3. The van der Waals surface area contributed by atoms with E-state index in [0.29, 0.717) is 37.0 Å². The molecule has 0 aromatic rings. The van der Waals surface area contributed by atoms with Crippen molar-refractivity contribution in [2.75, 3.05) is 46.4 Å². The van der Waals surface area contributed by atoms with E-state index in [2.05, 4.69) is 24.5 Å². The molecule has 0 radical (unpaired) electrons. The van der Waals surface area contributed by atoms with Crippen molar-refractivity contribution in [1.29, 1.82) is 0 Å². The fraction of sp³-hybridized carbons (Fsp3) is 0.946. The van der Waals surface area contributed by atoms with E-state index in [1.54, 1.807) is 0 Å². The first kappa shape index (κ1) is 41.9. The molecule has 0 bridgehead atoms. The summed E-state index contributed by atoms with van der Waals surface area (Å²) in [6.45, 7) is 7.97. The van der Waals surface area contributed by atoms with Gasteiger partial charge in [0.05, 0.1) is 39.6 Å². The molecule has 0 fully saturated rings. The van der Waals surface area contributed by atoms with Crippen LogP contribution in [-0.2, 0) is 9.59 Å². The molecule has 0 spiro atoms. The average Bonchev–Trinajstić information content (AvgIpc) is 3.00. The first-order chi connectivity index (χ1) is 21.0. The fourth-order valence-corrected chi connectivity index (χ4v) is 5.88. The predicted octanol–water partition coefficient (Wildman–Crippen LogP) is 8.84. The quantitative estimate of drug-likeness (QED) is 0.0503. The van der Waals surface area contributed by atoms with Crippen molar-refractivity contribution >= 4 is 11.8 Å². The summed E-state index contributed by atoms with van der Waals surface area (Å²) in [5, 5.41) is 15.7. The van der Waals surface area contributed by atoms with Gasteiger partial charge in [0.2, 0.25) is 11.8 Å². The zero-order chi connectivity index (χ0) is 31.7. The molecule has 6 heteroatoms. The van der Waals surface area contributed by atoms with Crippen molar-refractivity contribution in [2.45, 2.75) is 181 Å². The van der Waals surface area contributed by atoms with Crippen LogP contribution in [0.2, 0.25) is 0 Å². The molecule has 0 saturated heterocycles. The molecular formula is C37H76N3O3+. The monoisotopic (exact) mass is 611 g/mol. The Balaban J connectivity index is 3.76. The Hall–Kier alpha value is -1.14. The molecule has 0 aliphatic heterocycles. The van der Waals surface area contributed by atoms with Crippen molar-refractivity contribution < 1.29 is 19.2 Å². The Kier molecular flexibility index (Phi) is 31.4. The van der Waals surface area contributed by atoms with Gasteiger partial charge in [-0.3, -0.25) is 9.59 Å². The second-order valence-electron chi connectivity index (χ2n) is 13.5. The third-order valence-corrected chi connectivity index (χ3v) is 9.10. The van der Waals surface area contributed by atoms with Gasteiger partial charge in [0.15, 0.2) is 0 Å². The number of nitrogens with one attached hydrogen (secondary N) is 2. The number of unbranched alkanes of at least 4 members (excludes halogenated alkanes) is 22. The Bertz CT molecular complexity index is 568. The van der Waals surface area contributed by atoms with Crippen LogP contribution in [0.1, 0.15) is 181 Å². The molecule has 2 amide bonds. The lowest BCUT2D eigenvalue weighted by Gasteiger charge is -2.33. The van der Waals surface area contributed by atoms with Gasteiger partial charge in [0.1, 0.15) is 6.54 Å². The van der Waals surface area contributed by atoms with Gasteiger partial charge in [-0.05, 0) is 12.8 Å². The van der Waals surface area contributed by atoms with Crippen LogP contribution in [0, 0.1) is 0 Å². The van der Waals surface area contributed by atoms with Crippen molar-refractivity contribution in [1.82, 2.24) is 10.6 Å². The molecule has 0 heterocycles. The molecule has 0 aromatic heterocycles. The molecule has 0 aliphatic carbocycles. The zero-order valence-electron chi connectivity index (χ0n) is 29.3. The number of likely N-dealkylation sites (N-methyl/N-ethyl adjacent to an activating group) is 1. The topological polar surface area (TPSA) is 78.4 Å². The minimum Gasteiger partial charge on any atom is -0.391 e. The maximum absolute atomic E-state index is 12.4. The highest BCUT2D eigenvalue weighted by Crippen LogP contribution is 2.13. The van der Waals surface area contributed by atoms with Crippen LogP contribution >= 0.6 is 0 Å². The number of carbonyl (C=O) groups excluding carboxylic acids is 2. The maximum Gasteiger partial charge on any atom is 0.225 e. The van der Waals surface area contributed by atoms with E-state index in [9.17, 15) is 14.7 Å². The van der Waals surface area contributed by atoms with Crippen LogP contribution in [-0.4, -0.2) is 67.8 Å². The van der Waals surface area contributed by atoms with Crippen LogP contribution in [0.25, 0.3) is 0 Å². The molecule has 6 nitrogen and oxygen atoms in total. The lowest BCUT2D eigenvalue weighted by molar-refractivity contribution is -0.908. The lowest BCUT2D eigenvalue weighted by atomic mass is 10.1. The summed E-state index contributed by atoms with van der Waals surface area (Å²) in [4.78, 5) is 24.8. The summed E-state index contributed by atoms with van der Waals surface area (Å²) in [5.41, 5.74) is 0. The Morgan fingerprint density at radius 1 is 0.465 bits per heavy atom. The van der Waals surface area contributed by atoms with E-state index in [-0.39, 0.29) is 18.4 Å². The van der Waals surface area contributed by atoms with Gasteiger partial charge in [-0.1, -0.05) is 155 Å². The molecule has 256 valence electrons. The van der Waals surface area contributed by atoms with E-state index < -0.39 is 0 Å². The molecule has 0 saturated carbocycles. The third kappa shape index (κ3) is 30.7. The fourth-order valence-electron chi connectivity index (χ4n) is 5.88. The summed E-state index contributed by atoms with van der Waals surface area (Å²) in [5.74, 6) is 0.170. The van der Waals surface area contributed by atoms with E-state index in [4.69, 9.17) is 0 Å². The number of quaternary nitrogens is 1. The molecule has 0 unspecified atom stereocenters. The molecule has 3 N–H and O–H groups in total. The Labute approximate surface area is 268 Å². The van der Waals surface area contributed by atoms with Crippen LogP contribution in [0.15, 0.2) is 0 Å². The molecule has 0 rings (SSSR count). The van der Waals surface area contributed by atoms with Crippen molar-refractivity contribution in [3.05, 3.63) is 0 Å². The van der Waals surface area contributed by atoms with Crippen molar-refractivity contribution in [3.8, 4) is 0 Å². The normalized spacial score (nSPS) is 11.6.